The van der Waals surface area contributed by atoms with Gasteiger partial charge in [-0.2, -0.15) is 0 Å². The minimum absolute atomic E-state index is 0.141. The smallest absolute Gasteiger partial charge is 0.127 e. The van der Waals surface area contributed by atoms with Gasteiger partial charge >= 0.3 is 0 Å². The van der Waals surface area contributed by atoms with Crippen molar-refractivity contribution in [3.05, 3.63) is 29.6 Å². The molecule has 3 heteroatoms. The van der Waals surface area contributed by atoms with Crippen LogP contribution in [0, 0.1) is 5.82 Å². The highest BCUT2D eigenvalue weighted by Gasteiger charge is 2.24. The molecule has 1 heterocycles. The molecule has 1 aliphatic heterocycles. The van der Waals surface area contributed by atoms with Crippen molar-refractivity contribution in [1.29, 1.82) is 0 Å². The van der Waals surface area contributed by atoms with Crippen molar-refractivity contribution in [2.24, 2.45) is 0 Å². The van der Waals surface area contributed by atoms with Gasteiger partial charge in [0.05, 0.1) is 6.10 Å². The quantitative estimate of drug-likeness (QED) is 0.742. The fourth-order valence-electron chi connectivity index (χ4n) is 1.90. The molecule has 1 aromatic carbocycles. The van der Waals surface area contributed by atoms with Gasteiger partial charge in [0.25, 0.3) is 0 Å². The Morgan fingerprint density at radius 3 is 3.00 bits per heavy atom. The molecule has 0 amide bonds. The van der Waals surface area contributed by atoms with E-state index in [1.165, 1.54) is 12.1 Å². The summed E-state index contributed by atoms with van der Waals surface area (Å²) >= 11 is 0. The molecule has 0 spiro atoms. The molecule has 0 saturated carbocycles. The largest absolute Gasteiger partial charge is 0.490 e. The average molecular weight is 195 g/mol. The summed E-state index contributed by atoms with van der Waals surface area (Å²) in [5.74, 6) is 0.427. The number of hydrogen-bond donors (Lipinski definition) is 1. The zero-order chi connectivity index (χ0) is 10.1. The van der Waals surface area contributed by atoms with Crippen LogP contribution in [0.3, 0.4) is 0 Å². The molecule has 2 atom stereocenters. The van der Waals surface area contributed by atoms with Crippen molar-refractivity contribution >= 4 is 0 Å². The van der Waals surface area contributed by atoms with Gasteiger partial charge in [0, 0.05) is 24.1 Å². The highest BCUT2D eigenvalue weighted by molar-refractivity contribution is 5.38. The van der Waals surface area contributed by atoms with Crippen LogP contribution in [0.2, 0.25) is 0 Å². The first-order valence-electron chi connectivity index (χ1n) is 4.84. The molecule has 76 valence electrons. The van der Waals surface area contributed by atoms with E-state index in [-0.39, 0.29) is 18.0 Å². The number of hydrogen-bond acceptors (Lipinski definition) is 2. The molecule has 0 fully saturated rings. The molecule has 0 bridgehead atoms. The second kappa shape index (κ2) is 3.58. The van der Waals surface area contributed by atoms with Gasteiger partial charge in [-0.25, -0.2) is 4.39 Å². The highest BCUT2D eigenvalue weighted by Crippen LogP contribution is 2.34. The lowest BCUT2D eigenvalue weighted by molar-refractivity contribution is 0.168. The molecule has 1 aromatic rings. The van der Waals surface area contributed by atoms with Crippen molar-refractivity contribution < 1.29 is 9.13 Å². The van der Waals surface area contributed by atoms with E-state index in [1.54, 1.807) is 6.07 Å². The van der Waals surface area contributed by atoms with Gasteiger partial charge in [-0.05, 0) is 20.0 Å². The molecule has 1 N–H and O–H groups in total. The van der Waals surface area contributed by atoms with E-state index < -0.39 is 0 Å². The van der Waals surface area contributed by atoms with Crippen LogP contribution < -0.4 is 10.1 Å². The molecular formula is C11H14FNO. The lowest BCUT2D eigenvalue weighted by Crippen LogP contribution is -2.29. The second-order valence-corrected chi connectivity index (χ2v) is 3.69. The van der Waals surface area contributed by atoms with Crippen LogP contribution in [-0.4, -0.2) is 13.2 Å². The van der Waals surface area contributed by atoms with E-state index in [9.17, 15) is 4.39 Å². The van der Waals surface area contributed by atoms with Crippen molar-refractivity contribution in [2.75, 3.05) is 7.05 Å². The Hall–Kier alpha value is -1.09. The first-order valence-corrected chi connectivity index (χ1v) is 4.84. The molecule has 0 aromatic heterocycles. The zero-order valence-electron chi connectivity index (χ0n) is 8.38. The first-order chi connectivity index (χ1) is 6.70. The van der Waals surface area contributed by atoms with Crippen LogP contribution in [0.5, 0.6) is 5.75 Å². The van der Waals surface area contributed by atoms with Gasteiger partial charge in [-0.3, -0.25) is 0 Å². The SMILES string of the molecule is CNC1CC(C)Oc2cc(F)ccc21. The van der Waals surface area contributed by atoms with Crippen LogP contribution >= 0.6 is 0 Å². The van der Waals surface area contributed by atoms with E-state index in [0.717, 1.165) is 12.0 Å². The summed E-state index contributed by atoms with van der Waals surface area (Å²) in [4.78, 5) is 0. The Labute approximate surface area is 83.1 Å². The number of nitrogens with one attached hydrogen (secondary N) is 1. The van der Waals surface area contributed by atoms with Gasteiger partial charge in [0.15, 0.2) is 0 Å². The molecule has 0 radical (unpaired) electrons. The van der Waals surface area contributed by atoms with Crippen LogP contribution in [0.25, 0.3) is 0 Å². The normalized spacial score (nSPS) is 25.4. The zero-order valence-corrected chi connectivity index (χ0v) is 8.38. The van der Waals surface area contributed by atoms with E-state index in [4.69, 9.17) is 4.74 Å². The van der Waals surface area contributed by atoms with Gasteiger partial charge in [0.2, 0.25) is 0 Å². The van der Waals surface area contributed by atoms with E-state index in [0.29, 0.717) is 5.75 Å². The molecule has 2 rings (SSSR count). The maximum atomic E-state index is 13.0. The van der Waals surface area contributed by atoms with E-state index in [2.05, 4.69) is 5.32 Å². The predicted octanol–water partition coefficient (Wildman–Crippen LogP) is 2.26. The summed E-state index contributed by atoms with van der Waals surface area (Å²) in [5.41, 5.74) is 1.05. The third-order valence-electron chi connectivity index (χ3n) is 2.60. The highest BCUT2D eigenvalue weighted by atomic mass is 19.1. The number of rotatable bonds is 1. The molecule has 14 heavy (non-hydrogen) atoms. The summed E-state index contributed by atoms with van der Waals surface area (Å²) in [6, 6.07) is 4.99. The number of fused-ring (bicyclic) bond motifs is 1. The summed E-state index contributed by atoms with van der Waals surface area (Å²) in [5, 5.41) is 3.21. The lowest BCUT2D eigenvalue weighted by atomic mass is 9.97. The summed E-state index contributed by atoms with van der Waals surface area (Å²) in [6.45, 7) is 2.00. The Morgan fingerprint density at radius 1 is 1.50 bits per heavy atom. The number of halogens is 1. The fourth-order valence-corrected chi connectivity index (χ4v) is 1.90. The maximum absolute atomic E-state index is 13.0. The molecule has 1 aliphatic rings. The second-order valence-electron chi connectivity index (χ2n) is 3.69. The summed E-state index contributed by atoms with van der Waals surface area (Å²) in [7, 11) is 1.91. The number of benzene rings is 1. The topological polar surface area (TPSA) is 21.3 Å². The monoisotopic (exact) mass is 195 g/mol. The first kappa shape index (κ1) is 9.46. The molecule has 0 saturated heterocycles. The third kappa shape index (κ3) is 1.60. The van der Waals surface area contributed by atoms with Gasteiger partial charge in [-0.15, -0.1) is 0 Å². The van der Waals surface area contributed by atoms with Crippen LogP contribution in [0.15, 0.2) is 18.2 Å². The van der Waals surface area contributed by atoms with Crippen molar-refractivity contribution in [3.8, 4) is 5.75 Å². The Morgan fingerprint density at radius 2 is 2.29 bits per heavy atom. The minimum Gasteiger partial charge on any atom is -0.490 e. The van der Waals surface area contributed by atoms with Gasteiger partial charge in [0.1, 0.15) is 11.6 Å². The Balaban J connectivity index is 2.40. The van der Waals surface area contributed by atoms with Gasteiger partial charge < -0.3 is 10.1 Å². The summed E-state index contributed by atoms with van der Waals surface area (Å²) in [6.07, 6.45) is 1.07. The molecule has 2 unspecified atom stereocenters. The minimum atomic E-state index is -0.243. The standard InChI is InChI=1S/C11H14FNO/c1-7-5-10(13-2)9-4-3-8(12)6-11(9)14-7/h3-4,6-7,10,13H,5H2,1-2H3. The average Bonchev–Trinajstić information content (AvgIpc) is 2.15. The summed E-state index contributed by atoms with van der Waals surface area (Å²) < 4.78 is 18.5. The Bertz CT molecular complexity index is 340. The maximum Gasteiger partial charge on any atom is 0.127 e. The Kier molecular flexibility index (Phi) is 2.42. The predicted molar refractivity (Wildman–Crippen MR) is 52.9 cm³/mol. The molecule has 2 nitrogen and oxygen atoms in total. The van der Waals surface area contributed by atoms with Crippen molar-refractivity contribution in [1.82, 2.24) is 5.32 Å². The van der Waals surface area contributed by atoms with Crippen LogP contribution in [-0.2, 0) is 0 Å². The van der Waals surface area contributed by atoms with Gasteiger partial charge in [-0.1, -0.05) is 6.07 Å². The van der Waals surface area contributed by atoms with Crippen LogP contribution in [0.1, 0.15) is 24.9 Å². The fraction of sp³-hybridized carbons (Fsp3) is 0.455. The molecule has 0 aliphatic carbocycles. The van der Waals surface area contributed by atoms with Crippen LogP contribution in [0.4, 0.5) is 4.39 Å². The third-order valence-corrected chi connectivity index (χ3v) is 2.60. The molecular weight excluding hydrogens is 181 g/mol. The number of ether oxygens (including phenoxy) is 1. The van der Waals surface area contributed by atoms with E-state index >= 15 is 0 Å². The van der Waals surface area contributed by atoms with Crippen molar-refractivity contribution in [2.45, 2.75) is 25.5 Å². The van der Waals surface area contributed by atoms with Crippen molar-refractivity contribution in [3.63, 3.8) is 0 Å². The lowest BCUT2D eigenvalue weighted by Gasteiger charge is -2.30. The van der Waals surface area contributed by atoms with E-state index in [1.807, 2.05) is 14.0 Å².